The van der Waals surface area contributed by atoms with Crippen molar-refractivity contribution in [2.24, 2.45) is 5.92 Å². The van der Waals surface area contributed by atoms with Gasteiger partial charge in [-0.15, -0.1) is 0 Å². The van der Waals surface area contributed by atoms with Crippen molar-refractivity contribution in [2.45, 2.75) is 31.7 Å². The highest BCUT2D eigenvalue weighted by Gasteiger charge is 2.30. The summed E-state index contributed by atoms with van der Waals surface area (Å²) in [4.78, 5) is 18.7. The lowest BCUT2D eigenvalue weighted by Crippen LogP contribution is -2.41. The van der Waals surface area contributed by atoms with Gasteiger partial charge in [-0.25, -0.2) is 9.37 Å². The van der Waals surface area contributed by atoms with Gasteiger partial charge in [0.1, 0.15) is 11.3 Å². The Balaban J connectivity index is 1.43. The molecule has 0 unspecified atom stereocenters. The Hall–Kier alpha value is -1.69. The average Bonchev–Trinajstić information content (AvgIpc) is 3.23. The molecule has 2 aromatic rings. The molecule has 22 heavy (non-hydrogen) atoms. The number of aromatic nitrogens is 1. The molecule has 1 saturated heterocycles. The Morgan fingerprint density at radius 2 is 2.05 bits per heavy atom. The maximum Gasteiger partial charge on any atom is 0.223 e. The van der Waals surface area contributed by atoms with Gasteiger partial charge in [0.05, 0.1) is 4.70 Å². The van der Waals surface area contributed by atoms with Crippen LogP contribution in [-0.4, -0.2) is 30.0 Å². The minimum absolute atomic E-state index is 0.114. The maximum absolute atomic E-state index is 13.7. The van der Waals surface area contributed by atoms with Crippen LogP contribution in [0.25, 0.3) is 10.2 Å². The van der Waals surface area contributed by atoms with Crippen molar-refractivity contribution in [3.8, 4) is 0 Å². The summed E-state index contributed by atoms with van der Waals surface area (Å²) in [7, 11) is 0. The minimum atomic E-state index is -0.265. The fourth-order valence-electron chi connectivity index (χ4n) is 2.92. The van der Waals surface area contributed by atoms with Gasteiger partial charge < -0.3 is 10.2 Å². The lowest BCUT2D eigenvalue weighted by Gasteiger charge is -2.31. The van der Waals surface area contributed by atoms with Crippen LogP contribution in [0.2, 0.25) is 0 Å². The first-order valence-corrected chi connectivity index (χ1v) is 8.63. The molecule has 0 atom stereocenters. The van der Waals surface area contributed by atoms with Gasteiger partial charge in [-0.1, -0.05) is 17.4 Å². The van der Waals surface area contributed by atoms with Gasteiger partial charge in [0.25, 0.3) is 0 Å². The number of rotatable bonds is 3. The zero-order valence-corrected chi connectivity index (χ0v) is 13.0. The number of fused-ring (bicyclic) bond motifs is 1. The summed E-state index contributed by atoms with van der Waals surface area (Å²) in [6, 6.07) is 5.49. The lowest BCUT2D eigenvalue weighted by molar-refractivity contribution is -0.125. The third-order valence-corrected chi connectivity index (χ3v) is 5.50. The molecule has 1 N–H and O–H groups in total. The van der Waals surface area contributed by atoms with Crippen LogP contribution >= 0.6 is 11.3 Å². The molecule has 2 heterocycles. The zero-order valence-electron chi connectivity index (χ0n) is 12.2. The van der Waals surface area contributed by atoms with Crippen molar-refractivity contribution in [1.29, 1.82) is 0 Å². The van der Waals surface area contributed by atoms with Crippen LogP contribution in [0.1, 0.15) is 25.7 Å². The molecule has 4 nitrogen and oxygen atoms in total. The highest BCUT2D eigenvalue weighted by Crippen LogP contribution is 2.32. The smallest absolute Gasteiger partial charge is 0.223 e. The van der Waals surface area contributed by atoms with Crippen molar-refractivity contribution in [3.63, 3.8) is 0 Å². The third-order valence-electron chi connectivity index (χ3n) is 4.42. The van der Waals surface area contributed by atoms with Crippen molar-refractivity contribution in [2.75, 3.05) is 18.0 Å². The van der Waals surface area contributed by atoms with Crippen LogP contribution in [0.3, 0.4) is 0 Å². The SMILES string of the molecule is O=C(NC1CC1)C1CCN(c2nc3c(F)cccc3s2)CC1. The normalized spacial score (nSPS) is 19.6. The quantitative estimate of drug-likeness (QED) is 0.946. The van der Waals surface area contributed by atoms with Crippen molar-refractivity contribution < 1.29 is 9.18 Å². The van der Waals surface area contributed by atoms with Gasteiger partial charge in [-0.2, -0.15) is 0 Å². The molecule has 1 aliphatic carbocycles. The molecule has 116 valence electrons. The van der Waals surface area contributed by atoms with E-state index < -0.39 is 0 Å². The van der Waals surface area contributed by atoms with E-state index in [0.717, 1.165) is 48.6 Å². The van der Waals surface area contributed by atoms with E-state index in [2.05, 4.69) is 15.2 Å². The second-order valence-corrected chi connectivity index (χ2v) is 7.14. The summed E-state index contributed by atoms with van der Waals surface area (Å²) in [5.41, 5.74) is 0.455. The molecule has 1 aromatic heterocycles. The molecular weight excluding hydrogens is 301 g/mol. The average molecular weight is 319 g/mol. The van der Waals surface area contributed by atoms with Crippen molar-refractivity contribution in [1.82, 2.24) is 10.3 Å². The molecule has 1 aliphatic heterocycles. The van der Waals surface area contributed by atoms with Gasteiger partial charge in [0.2, 0.25) is 5.91 Å². The first-order chi connectivity index (χ1) is 10.7. The first kappa shape index (κ1) is 13.9. The van der Waals surface area contributed by atoms with E-state index in [1.165, 1.54) is 17.4 Å². The van der Waals surface area contributed by atoms with Gasteiger partial charge in [0, 0.05) is 25.0 Å². The summed E-state index contributed by atoms with van der Waals surface area (Å²) >= 11 is 1.52. The first-order valence-electron chi connectivity index (χ1n) is 7.81. The Bertz CT molecular complexity index is 704. The predicted octanol–water partition coefficient (Wildman–Crippen LogP) is 2.93. The minimum Gasteiger partial charge on any atom is -0.353 e. The number of anilines is 1. The van der Waals surface area contributed by atoms with E-state index in [1.807, 2.05) is 6.07 Å². The molecule has 1 saturated carbocycles. The lowest BCUT2D eigenvalue weighted by atomic mass is 9.96. The van der Waals surface area contributed by atoms with Crippen LogP contribution in [0.5, 0.6) is 0 Å². The number of para-hydroxylation sites is 1. The molecule has 4 rings (SSSR count). The standard InChI is InChI=1S/C16H18FN3OS/c17-12-2-1-3-13-14(12)19-16(22-13)20-8-6-10(7-9-20)15(21)18-11-4-5-11/h1-3,10-11H,4-9H2,(H,18,21). The molecule has 0 spiro atoms. The van der Waals surface area contributed by atoms with Gasteiger partial charge in [-0.3, -0.25) is 4.79 Å². The summed E-state index contributed by atoms with van der Waals surface area (Å²) < 4.78 is 14.6. The molecule has 1 aromatic carbocycles. The Labute approximate surface area is 132 Å². The highest BCUT2D eigenvalue weighted by atomic mass is 32.1. The third kappa shape index (κ3) is 2.67. The largest absolute Gasteiger partial charge is 0.353 e. The molecular formula is C16H18FN3OS. The van der Waals surface area contributed by atoms with Crippen molar-refractivity contribution in [3.05, 3.63) is 24.0 Å². The Morgan fingerprint density at radius 3 is 2.73 bits per heavy atom. The second kappa shape index (κ2) is 5.50. The van der Waals surface area contributed by atoms with E-state index in [9.17, 15) is 9.18 Å². The molecule has 2 fully saturated rings. The number of hydrogen-bond acceptors (Lipinski definition) is 4. The Morgan fingerprint density at radius 1 is 1.27 bits per heavy atom. The molecule has 0 radical (unpaired) electrons. The van der Waals surface area contributed by atoms with Crippen LogP contribution < -0.4 is 10.2 Å². The fraction of sp³-hybridized carbons (Fsp3) is 0.500. The van der Waals surface area contributed by atoms with Crippen molar-refractivity contribution >= 4 is 32.6 Å². The van der Waals surface area contributed by atoms with E-state index in [-0.39, 0.29) is 17.6 Å². The van der Waals surface area contributed by atoms with Crippen LogP contribution in [0, 0.1) is 11.7 Å². The zero-order chi connectivity index (χ0) is 15.1. The number of nitrogens with zero attached hydrogens (tertiary/aromatic N) is 2. The predicted molar refractivity (Wildman–Crippen MR) is 85.7 cm³/mol. The van der Waals surface area contributed by atoms with Crippen LogP contribution in [0.15, 0.2) is 18.2 Å². The van der Waals surface area contributed by atoms with E-state index in [4.69, 9.17) is 0 Å². The van der Waals surface area contributed by atoms with E-state index in [1.54, 1.807) is 6.07 Å². The second-order valence-electron chi connectivity index (χ2n) is 6.13. The number of nitrogens with one attached hydrogen (secondary N) is 1. The summed E-state index contributed by atoms with van der Waals surface area (Å²) in [6.07, 6.45) is 3.94. The summed E-state index contributed by atoms with van der Waals surface area (Å²) in [5.74, 6) is 0.0548. The maximum atomic E-state index is 13.7. The monoisotopic (exact) mass is 319 g/mol. The molecule has 1 amide bonds. The number of piperidine rings is 1. The topological polar surface area (TPSA) is 45.2 Å². The Kier molecular flexibility index (Phi) is 3.48. The number of thiazole rings is 1. The highest BCUT2D eigenvalue weighted by molar-refractivity contribution is 7.22. The fourth-order valence-corrected chi connectivity index (χ4v) is 3.95. The number of hydrogen-bond donors (Lipinski definition) is 1. The van der Waals surface area contributed by atoms with Gasteiger partial charge in [-0.05, 0) is 37.8 Å². The van der Waals surface area contributed by atoms with Gasteiger partial charge in [0.15, 0.2) is 5.13 Å². The summed E-state index contributed by atoms with van der Waals surface area (Å²) in [6.45, 7) is 1.62. The summed E-state index contributed by atoms with van der Waals surface area (Å²) in [5, 5.41) is 3.95. The number of carbonyl (C=O) groups is 1. The number of carbonyl (C=O) groups excluding carboxylic acids is 1. The number of benzene rings is 1. The van der Waals surface area contributed by atoms with Crippen LogP contribution in [0.4, 0.5) is 9.52 Å². The molecule has 2 aliphatic rings. The van der Waals surface area contributed by atoms with Gasteiger partial charge >= 0.3 is 0 Å². The number of halogens is 1. The number of amides is 1. The molecule has 0 bridgehead atoms. The van der Waals surface area contributed by atoms with E-state index >= 15 is 0 Å². The molecule has 6 heteroatoms. The van der Waals surface area contributed by atoms with Crippen LogP contribution in [-0.2, 0) is 4.79 Å². The van der Waals surface area contributed by atoms with E-state index in [0.29, 0.717) is 11.6 Å².